The van der Waals surface area contributed by atoms with Gasteiger partial charge in [-0.25, -0.2) is 9.97 Å². The summed E-state index contributed by atoms with van der Waals surface area (Å²) in [5.41, 5.74) is 1.67. The normalized spacial score (nSPS) is 12.2. The van der Waals surface area contributed by atoms with E-state index in [1.807, 2.05) is 37.9 Å². The number of likely N-dealkylation sites (N-methyl/N-ethyl adjacent to an activating group) is 1. The van der Waals surface area contributed by atoms with Crippen LogP contribution in [0.2, 0.25) is 0 Å². The minimum Gasteiger partial charge on any atom is -0.386 e. The molecule has 6 heteroatoms. The van der Waals surface area contributed by atoms with Gasteiger partial charge < -0.3 is 10.0 Å². The molecule has 0 saturated carbocycles. The maximum Gasteiger partial charge on any atom is 0.146 e. The summed E-state index contributed by atoms with van der Waals surface area (Å²) in [6.45, 7) is 4.21. The maximum absolute atomic E-state index is 10.2. The molecule has 0 amide bonds. The van der Waals surface area contributed by atoms with Gasteiger partial charge in [0.1, 0.15) is 11.6 Å². The predicted molar refractivity (Wildman–Crippen MR) is 81.7 cm³/mol. The Bertz CT molecular complexity index is 591. The molecule has 2 aromatic heterocycles. The minimum atomic E-state index is -0.615. The fourth-order valence-corrected chi connectivity index (χ4v) is 2.44. The molecule has 0 aliphatic heterocycles. The number of aliphatic hydroxyl groups excluding tert-OH is 1. The predicted octanol–water partition coefficient (Wildman–Crippen LogP) is 2.42. The minimum absolute atomic E-state index is 0.431. The number of hydrogen-bond acceptors (Lipinski definition) is 5. The van der Waals surface area contributed by atoms with Gasteiger partial charge in [0.25, 0.3) is 0 Å². The molecule has 0 fully saturated rings. The van der Waals surface area contributed by atoms with Gasteiger partial charge in [0.05, 0.1) is 16.3 Å². The van der Waals surface area contributed by atoms with Gasteiger partial charge in [-0.05, 0) is 35.8 Å². The van der Waals surface area contributed by atoms with Crippen LogP contribution in [0, 0.1) is 13.8 Å². The molecule has 0 radical (unpaired) electrons. The Morgan fingerprint density at radius 3 is 2.75 bits per heavy atom. The van der Waals surface area contributed by atoms with E-state index in [1.54, 1.807) is 12.4 Å². The average Bonchev–Trinajstić information content (AvgIpc) is 2.43. The molecule has 2 aromatic rings. The second-order valence-corrected chi connectivity index (χ2v) is 5.47. The fraction of sp³-hybridized carbons (Fsp3) is 0.357. The lowest BCUT2D eigenvalue weighted by Crippen LogP contribution is -2.26. The van der Waals surface area contributed by atoms with Gasteiger partial charge in [-0.3, -0.25) is 4.98 Å². The van der Waals surface area contributed by atoms with Crippen molar-refractivity contribution in [3.8, 4) is 0 Å². The van der Waals surface area contributed by atoms with Crippen molar-refractivity contribution in [2.45, 2.75) is 20.0 Å². The Labute approximate surface area is 126 Å². The van der Waals surface area contributed by atoms with Crippen LogP contribution >= 0.6 is 15.9 Å². The zero-order valence-corrected chi connectivity index (χ0v) is 13.3. The number of halogens is 1. The van der Waals surface area contributed by atoms with Crippen LogP contribution in [0.4, 0.5) is 5.82 Å². The van der Waals surface area contributed by atoms with Gasteiger partial charge in [0.15, 0.2) is 0 Å². The smallest absolute Gasteiger partial charge is 0.146 e. The van der Waals surface area contributed by atoms with Crippen LogP contribution in [-0.2, 0) is 0 Å². The summed E-state index contributed by atoms with van der Waals surface area (Å²) < 4.78 is 0.851. The second-order valence-electron chi connectivity index (χ2n) is 4.68. The molecule has 5 nitrogen and oxygen atoms in total. The number of nitrogens with zero attached hydrogens (tertiary/aromatic N) is 4. The lowest BCUT2D eigenvalue weighted by molar-refractivity contribution is 0.184. The van der Waals surface area contributed by atoms with Crippen molar-refractivity contribution in [2.24, 2.45) is 0 Å². The SMILES string of the molecule is Cc1nc(C)c(Br)c(N(C)CC(O)c2cccnc2)n1. The largest absolute Gasteiger partial charge is 0.386 e. The van der Waals surface area contributed by atoms with E-state index in [2.05, 4.69) is 30.9 Å². The first-order valence-electron chi connectivity index (χ1n) is 6.29. The molecule has 0 aromatic carbocycles. The van der Waals surface area contributed by atoms with E-state index < -0.39 is 6.10 Å². The summed E-state index contributed by atoms with van der Waals surface area (Å²) in [6, 6.07) is 3.67. The number of anilines is 1. The topological polar surface area (TPSA) is 62.1 Å². The molecule has 1 N–H and O–H groups in total. The van der Waals surface area contributed by atoms with E-state index in [-0.39, 0.29) is 0 Å². The van der Waals surface area contributed by atoms with Crippen molar-refractivity contribution >= 4 is 21.7 Å². The molecule has 2 rings (SSSR count). The molecule has 0 saturated heterocycles. The van der Waals surface area contributed by atoms with Crippen molar-refractivity contribution in [3.63, 3.8) is 0 Å². The highest BCUT2D eigenvalue weighted by atomic mass is 79.9. The van der Waals surface area contributed by atoms with Gasteiger partial charge in [-0.15, -0.1) is 0 Å². The van der Waals surface area contributed by atoms with Crippen LogP contribution < -0.4 is 4.90 Å². The summed E-state index contributed by atoms with van der Waals surface area (Å²) in [7, 11) is 1.89. The van der Waals surface area contributed by atoms with Gasteiger partial charge in [-0.1, -0.05) is 6.07 Å². The van der Waals surface area contributed by atoms with E-state index in [0.29, 0.717) is 12.4 Å². The number of pyridine rings is 1. The average molecular weight is 337 g/mol. The van der Waals surface area contributed by atoms with E-state index in [4.69, 9.17) is 0 Å². The van der Waals surface area contributed by atoms with E-state index in [0.717, 1.165) is 21.5 Å². The molecular weight excluding hydrogens is 320 g/mol. The third-order valence-electron chi connectivity index (χ3n) is 2.99. The zero-order valence-electron chi connectivity index (χ0n) is 11.7. The van der Waals surface area contributed by atoms with Gasteiger partial charge in [-0.2, -0.15) is 0 Å². The highest BCUT2D eigenvalue weighted by Gasteiger charge is 2.16. The van der Waals surface area contributed by atoms with Gasteiger partial charge in [0, 0.05) is 31.5 Å². The van der Waals surface area contributed by atoms with Crippen LogP contribution in [0.1, 0.15) is 23.2 Å². The molecule has 1 atom stereocenters. The molecule has 0 spiro atoms. The summed E-state index contributed by atoms with van der Waals surface area (Å²) in [5, 5.41) is 10.2. The van der Waals surface area contributed by atoms with Gasteiger partial charge in [0.2, 0.25) is 0 Å². The molecule has 0 aliphatic rings. The van der Waals surface area contributed by atoms with E-state index in [1.165, 1.54) is 0 Å². The summed E-state index contributed by atoms with van der Waals surface area (Å²) in [6.07, 6.45) is 2.74. The highest BCUT2D eigenvalue weighted by Crippen LogP contribution is 2.27. The fourth-order valence-electron chi connectivity index (χ4n) is 1.96. The van der Waals surface area contributed by atoms with Crippen LogP contribution in [-0.4, -0.2) is 33.7 Å². The van der Waals surface area contributed by atoms with Gasteiger partial charge >= 0.3 is 0 Å². The Balaban J connectivity index is 2.18. The molecule has 1 unspecified atom stereocenters. The van der Waals surface area contributed by atoms with Crippen molar-refractivity contribution in [1.29, 1.82) is 0 Å². The maximum atomic E-state index is 10.2. The first kappa shape index (κ1) is 14.9. The first-order valence-corrected chi connectivity index (χ1v) is 7.08. The Kier molecular flexibility index (Phi) is 4.67. The third-order valence-corrected chi connectivity index (χ3v) is 3.92. The highest BCUT2D eigenvalue weighted by molar-refractivity contribution is 9.10. The molecule has 106 valence electrons. The summed E-state index contributed by atoms with van der Waals surface area (Å²) in [5.74, 6) is 1.49. The van der Waals surface area contributed by atoms with E-state index >= 15 is 0 Å². The van der Waals surface area contributed by atoms with Crippen LogP contribution in [0.3, 0.4) is 0 Å². The Morgan fingerprint density at radius 2 is 2.10 bits per heavy atom. The Hall–Kier alpha value is -1.53. The summed E-state index contributed by atoms with van der Waals surface area (Å²) >= 11 is 3.50. The first-order chi connectivity index (χ1) is 9.49. The number of aliphatic hydroxyl groups is 1. The Morgan fingerprint density at radius 1 is 1.35 bits per heavy atom. The molecular formula is C14H17BrN4O. The number of hydrogen-bond donors (Lipinski definition) is 1. The zero-order chi connectivity index (χ0) is 14.7. The second kappa shape index (κ2) is 6.28. The van der Waals surface area contributed by atoms with Crippen molar-refractivity contribution in [3.05, 3.63) is 46.1 Å². The number of rotatable bonds is 4. The quantitative estimate of drug-likeness (QED) is 0.928. The molecule has 0 aliphatic carbocycles. The van der Waals surface area contributed by atoms with Crippen LogP contribution in [0.25, 0.3) is 0 Å². The third kappa shape index (κ3) is 3.32. The van der Waals surface area contributed by atoms with Crippen LogP contribution in [0.15, 0.2) is 29.0 Å². The van der Waals surface area contributed by atoms with Crippen molar-refractivity contribution < 1.29 is 5.11 Å². The standard InChI is InChI=1S/C14H17BrN4O/c1-9-13(15)14(18-10(2)17-9)19(3)8-12(20)11-5-4-6-16-7-11/h4-7,12,20H,8H2,1-3H3. The molecule has 0 bridgehead atoms. The van der Waals surface area contributed by atoms with Crippen LogP contribution in [0.5, 0.6) is 0 Å². The molecule has 20 heavy (non-hydrogen) atoms. The lowest BCUT2D eigenvalue weighted by Gasteiger charge is -2.23. The summed E-state index contributed by atoms with van der Waals surface area (Å²) in [4.78, 5) is 14.6. The van der Waals surface area contributed by atoms with Crippen molar-refractivity contribution in [2.75, 3.05) is 18.5 Å². The van der Waals surface area contributed by atoms with E-state index in [9.17, 15) is 5.11 Å². The number of aromatic nitrogens is 3. The van der Waals surface area contributed by atoms with Crippen molar-refractivity contribution in [1.82, 2.24) is 15.0 Å². The number of aryl methyl sites for hydroxylation is 2. The molecule has 2 heterocycles. The monoisotopic (exact) mass is 336 g/mol. The lowest BCUT2D eigenvalue weighted by atomic mass is 10.1.